The molecule has 10 amide bonds. The predicted octanol–water partition coefficient (Wildman–Crippen LogP) is -2.84. The topological polar surface area (TPSA) is 664 Å². The molecular formula is C68H133N25O12. The van der Waals surface area contributed by atoms with E-state index in [2.05, 4.69) is 80.1 Å². The second kappa shape index (κ2) is 58.4. The number of carbonyl (C=O) groups excluding carboxylic acids is 10. The number of amides is 10. The van der Waals surface area contributed by atoms with Crippen LogP contribution in [0.2, 0.25) is 0 Å². The van der Waals surface area contributed by atoms with Gasteiger partial charge in [-0.15, -0.1) is 0 Å². The lowest BCUT2D eigenvalue weighted by Gasteiger charge is -2.30. The summed E-state index contributed by atoms with van der Waals surface area (Å²) in [6, 6.07) is -11.9. The highest BCUT2D eigenvalue weighted by Gasteiger charge is 2.37. The van der Waals surface area contributed by atoms with Crippen molar-refractivity contribution in [1.29, 1.82) is 0 Å². The number of aliphatic imine (C=N–C) groups is 4. The van der Waals surface area contributed by atoms with E-state index in [9.17, 15) is 57.8 Å². The summed E-state index contributed by atoms with van der Waals surface area (Å²) in [5.74, 6) is -11.1. The minimum absolute atomic E-state index is 0.00370. The second-order valence-electron chi connectivity index (χ2n) is 27.0. The molecule has 0 spiro atoms. The average molecular weight is 1490 g/mol. The van der Waals surface area contributed by atoms with Gasteiger partial charge in [-0.3, -0.25) is 67.9 Å². The third-order valence-electron chi connectivity index (χ3n) is 17.0. The molecule has 602 valence electrons. The van der Waals surface area contributed by atoms with Gasteiger partial charge in [0.2, 0.25) is 59.1 Å². The van der Waals surface area contributed by atoms with Crippen molar-refractivity contribution in [2.45, 2.75) is 275 Å². The molecule has 0 aliphatic heterocycles. The number of hydrogen-bond acceptors (Lipinski definition) is 18. The summed E-state index contributed by atoms with van der Waals surface area (Å²) in [5, 5.41) is 36.6. The van der Waals surface area contributed by atoms with Gasteiger partial charge < -0.3 is 121 Å². The zero-order valence-corrected chi connectivity index (χ0v) is 63.1. The molecule has 0 rings (SSSR count). The Morgan fingerprint density at radius 2 is 0.571 bits per heavy atom. The number of rotatable bonds is 62. The Bertz CT molecular complexity index is 2710. The molecule has 33 N–H and O–H groups in total. The van der Waals surface area contributed by atoms with E-state index in [-0.39, 0.29) is 140 Å². The van der Waals surface area contributed by atoms with Gasteiger partial charge in [0.05, 0.1) is 6.54 Å². The molecule has 0 aromatic rings. The lowest BCUT2D eigenvalue weighted by Crippen LogP contribution is -2.61. The molecular weight excluding hydrogens is 1360 g/mol. The van der Waals surface area contributed by atoms with Gasteiger partial charge in [-0.25, -0.2) is 4.79 Å². The molecule has 105 heavy (non-hydrogen) atoms. The van der Waals surface area contributed by atoms with Crippen LogP contribution < -0.4 is 116 Å². The minimum atomic E-state index is -1.43. The summed E-state index contributed by atoms with van der Waals surface area (Å²) >= 11 is 0. The molecule has 0 aliphatic carbocycles. The number of unbranched alkanes of at least 4 members (excludes halogenated alkanes) is 13. The van der Waals surface area contributed by atoms with Gasteiger partial charge in [0.15, 0.2) is 23.8 Å². The van der Waals surface area contributed by atoms with E-state index in [1.165, 1.54) is 38.5 Å². The second-order valence-corrected chi connectivity index (χ2v) is 27.0. The van der Waals surface area contributed by atoms with Crippen LogP contribution >= 0.6 is 0 Å². The van der Waals surface area contributed by atoms with E-state index in [1.54, 1.807) is 27.7 Å². The number of guanidine groups is 4. The number of hydrogen-bond donors (Lipinski definition) is 22. The molecule has 0 saturated heterocycles. The highest BCUT2D eigenvalue weighted by molar-refractivity contribution is 5.98. The number of carboxylic acid groups (broad SMARTS) is 1. The fraction of sp³-hybridized carbons (Fsp3) is 0.779. The van der Waals surface area contributed by atoms with Crippen LogP contribution in [0.25, 0.3) is 0 Å². The summed E-state index contributed by atoms with van der Waals surface area (Å²) in [7, 11) is 0. The van der Waals surface area contributed by atoms with E-state index in [4.69, 9.17) is 63.1 Å². The third-order valence-corrected chi connectivity index (χ3v) is 17.0. The maximum atomic E-state index is 14.6. The van der Waals surface area contributed by atoms with Crippen LogP contribution in [0.3, 0.4) is 0 Å². The van der Waals surface area contributed by atoms with Crippen molar-refractivity contribution < 1.29 is 57.8 Å². The molecule has 0 unspecified atom stereocenters. The van der Waals surface area contributed by atoms with Crippen molar-refractivity contribution in [3.63, 3.8) is 0 Å². The number of carboxylic acids is 1. The van der Waals surface area contributed by atoms with Crippen LogP contribution in [0.4, 0.5) is 0 Å². The monoisotopic (exact) mass is 1490 g/mol. The SMILES string of the molecule is CCCCCCCCCCCCCC(=O)N[C@@H](CCCN=C(N)N)C(=O)NCC(=O)N[C@@H](CCCN=C(N)N)C(=O)N[C@@H](CCCCN)C(=O)N[C@H](C(=O)N[C@H](C(=O)N[C@@H](CCCN=C(N)N)C(=O)N[C@@H](CCCN=C(N)N)C(=O)N[C@@H](CCCCN)C(=O)N[C@@H](CCCCN)C(=O)O)C(C)C)C(C)C. The Balaban J connectivity index is 6.90. The molecule has 9 atom stereocenters. The number of nitrogens with one attached hydrogen (secondary N) is 10. The van der Waals surface area contributed by atoms with E-state index in [0.717, 1.165) is 25.7 Å². The average Bonchev–Trinajstić information content (AvgIpc) is 0.851. The van der Waals surface area contributed by atoms with E-state index < -0.39 is 132 Å². The van der Waals surface area contributed by atoms with E-state index in [0.29, 0.717) is 57.9 Å². The molecule has 0 radical (unpaired) electrons. The number of carbonyl (C=O) groups is 11. The van der Waals surface area contributed by atoms with Crippen molar-refractivity contribution >= 4 is 88.9 Å². The van der Waals surface area contributed by atoms with Gasteiger partial charge in [0.1, 0.15) is 54.4 Å². The smallest absolute Gasteiger partial charge is 0.326 e. The van der Waals surface area contributed by atoms with Gasteiger partial charge in [0, 0.05) is 32.6 Å². The molecule has 37 heteroatoms. The van der Waals surface area contributed by atoms with Crippen LogP contribution in [0.15, 0.2) is 20.0 Å². The molecule has 0 saturated carbocycles. The number of nitrogens with zero attached hydrogens (tertiary/aromatic N) is 4. The Kier molecular flexibility index (Phi) is 53.5. The van der Waals surface area contributed by atoms with Crippen LogP contribution in [-0.2, 0) is 52.7 Å². The first-order valence-electron chi connectivity index (χ1n) is 37.5. The highest BCUT2D eigenvalue weighted by atomic mass is 16.4. The first-order valence-corrected chi connectivity index (χ1v) is 37.5. The van der Waals surface area contributed by atoms with Gasteiger partial charge in [-0.05, 0) is 147 Å². The lowest BCUT2D eigenvalue weighted by molar-refractivity contribution is -0.142. The molecule has 0 fully saturated rings. The molecule has 0 heterocycles. The van der Waals surface area contributed by atoms with Gasteiger partial charge in [-0.2, -0.15) is 0 Å². The Labute approximate surface area is 620 Å². The van der Waals surface area contributed by atoms with Crippen molar-refractivity contribution in [2.24, 2.45) is 94.9 Å². The van der Waals surface area contributed by atoms with Crippen molar-refractivity contribution in [1.82, 2.24) is 53.2 Å². The Morgan fingerprint density at radius 3 is 0.905 bits per heavy atom. The number of nitrogens with two attached hydrogens (primary N) is 11. The Morgan fingerprint density at radius 1 is 0.305 bits per heavy atom. The maximum Gasteiger partial charge on any atom is 0.326 e. The zero-order valence-electron chi connectivity index (χ0n) is 63.1. The standard InChI is InChI=1S/C68H133N25O12/c1-6-7-8-9-10-11-12-13-14-15-16-34-52(94)85-45(30-23-38-80-65(72)73)56(96)84-42-53(95)86-46(31-24-39-81-66(74)75)57(97)88-48(28-18-21-36-70)61(101)92-55(44(4)5)63(103)93-54(43(2)3)62(102)90-50(33-26-41-83-68(78)79)59(99)89-49(32-25-40-82-67(76)77)58(98)87-47(27-17-20-35-69)60(100)91-51(64(104)105)29-19-22-37-71/h43-51,54-55H,6-42,69-71H2,1-5H3,(H,84,96)(H,85,94)(H,86,95)(H,87,98)(H,88,97)(H,89,99)(H,90,102)(H,91,100)(H,92,101)(H,93,103)(H,104,105)(H4,72,73,80)(H4,74,75,81)(H4,76,77,82)(H4,78,79,83)/t45-,46-,47-,48-,49-,50-,51-,54-,55-/m0/s1. The summed E-state index contributed by atoms with van der Waals surface area (Å²) in [6.07, 6.45) is 15.4. The van der Waals surface area contributed by atoms with Gasteiger partial charge in [0.25, 0.3) is 0 Å². The minimum Gasteiger partial charge on any atom is -0.480 e. The fourth-order valence-electron chi connectivity index (χ4n) is 11.0. The molecule has 0 aromatic carbocycles. The predicted molar refractivity (Wildman–Crippen MR) is 407 cm³/mol. The van der Waals surface area contributed by atoms with E-state index in [1.807, 2.05) is 0 Å². The maximum absolute atomic E-state index is 14.6. The summed E-state index contributed by atoms with van der Waals surface area (Å²) < 4.78 is 0. The largest absolute Gasteiger partial charge is 0.480 e. The molecule has 0 aliphatic rings. The van der Waals surface area contributed by atoms with Crippen LogP contribution in [0.1, 0.15) is 221 Å². The molecule has 0 bridgehead atoms. The van der Waals surface area contributed by atoms with Crippen LogP contribution in [-0.4, -0.2) is 201 Å². The van der Waals surface area contributed by atoms with Crippen molar-refractivity contribution in [3.05, 3.63) is 0 Å². The van der Waals surface area contributed by atoms with Gasteiger partial charge in [-0.1, -0.05) is 98.8 Å². The van der Waals surface area contributed by atoms with Crippen LogP contribution in [0, 0.1) is 11.8 Å². The third kappa shape index (κ3) is 47.3. The quantitative estimate of drug-likeness (QED) is 0.0166. The molecule has 0 aromatic heterocycles. The highest BCUT2D eigenvalue weighted by Crippen LogP contribution is 2.16. The fourth-order valence-corrected chi connectivity index (χ4v) is 11.0. The van der Waals surface area contributed by atoms with Crippen molar-refractivity contribution in [2.75, 3.05) is 52.4 Å². The van der Waals surface area contributed by atoms with Crippen molar-refractivity contribution in [3.8, 4) is 0 Å². The molecule has 37 nitrogen and oxygen atoms in total. The van der Waals surface area contributed by atoms with Crippen LogP contribution in [0.5, 0.6) is 0 Å². The first kappa shape index (κ1) is 96.1. The van der Waals surface area contributed by atoms with E-state index >= 15 is 0 Å². The van der Waals surface area contributed by atoms with Gasteiger partial charge >= 0.3 is 5.97 Å². The number of aliphatic carboxylic acids is 1. The lowest BCUT2D eigenvalue weighted by atomic mass is 9.98. The summed E-state index contributed by atoms with van der Waals surface area (Å²) in [5.41, 5.74) is 61.6. The first-order chi connectivity index (χ1) is 49.9. The summed E-state index contributed by atoms with van der Waals surface area (Å²) in [4.78, 5) is 169. The Hall–Kier alpha value is -8.87. The summed E-state index contributed by atoms with van der Waals surface area (Å²) in [6.45, 7) is 9.12. The normalized spacial score (nSPS) is 13.6. The zero-order chi connectivity index (χ0) is 79.1.